The monoisotopic (exact) mass is 508 g/mol. The summed E-state index contributed by atoms with van der Waals surface area (Å²) in [5.74, 6) is -1.06. The normalized spacial score (nSPS) is 10.9. The van der Waals surface area contributed by atoms with Crippen LogP contribution in [0.5, 0.6) is 5.75 Å². The first-order chi connectivity index (χ1) is 15.7. The van der Waals surface area contributed by atoms with Gasteiger partial charge in [0.15, 0.2) is 0 Å². The van der Waals surface area contributed by atoms with Crippen molar-refractivity contribution < 1.29 is 27.5 Å². The number of rotatable bonds is 7. The minimum atomic E-state index is -4.15. The van der Waals surface area contributed by atoms with Crippen LogP contribution in [0.4, 0.5) is 11.4 Å². The fourth-order valence-electron chi connectivity index (χ4n) is 2.88. The number of sulfonamides is 1. The van der Waals surface area contributed by atoms with Crippen LogP contribution in [-0.2, 0) is 14.8 Å². The zero-order valence-electron chi connectivity index (χ0n) is 17.4. The molecular weight excluding hydrogens is 491 g/mol. The lowest BCUT2D eigenvalue weighted by Gasteiger charge is -2.15. The number of hydrogen-bond acceptors (Lipinski definition) is 6. The van der Waals surface area contributed by atoms with E-state index in [1.165, 1.54) is 62.8 Å². The average molecular weight is 509 g/mol. The molecule has 0 fully saturated rings. The van der Waals surface area contributed by atoms with Gasteiger partial charge < -0.3 is 14.8 Å². The molecule has 11 heteroatoms. The van der Waals surface area contributed by atoms with E-state index in [0.29, 0.717) is 5.02 Å². The molecule has 33 heavy (non-hydrogen) atoms. The van der Waals surface area contributed by atoms with Crippen molar-refractivity contribution in [3.63, 3.8) is 0 Å². The highest BCUT2D eigenvalue weighted by Crippen LogP contribution is 2.30. The number of amides is 1. The van der Waals surface area contributed by atoms with Gasteiger partial charge in [-0.2, -0.15) is 0 Å². The van der Waals surface area contributed by atoms with E-state index in [2.05, 4.69) is 10.0 Å². The summed E-state index contributed by atoms with van der Waals surface area (Å²) >= 11 is 12.0. The molecule has 0 aliphatic heterocycles. The van der Waals surface area contributed by atoms with E-state index in [-0.39, 0.29) is 38.2 Å². The third-order valence-corrected chi connectivity index (χ3v) is 6.39. The molecule has 2 N–H and O–H groups in total. The van der Waals surface area contributed by atoms with Crippen molar-refractivity contribution in [3.05, 3.63) is 81.8 Å². The summed E-state index contributed by atoms with van der Waals surface area (Å²) in [7, 11) is -1.58. The maximum atomic E-state index is 13.0. The fourth-order valence-corrected chi connectivity index (χ4v) is 4.48. The predicted molar refractivity (Wildman–Crippen MR) is 126 cm³/mol. The Bertz CT molecular complexity index is 1330. The zero-order valence-corrected chi connectivity index (χ0v) is 19.7. The average Bonchev–Trinajstić information content (AvgIpc) is 2.78. The molecule has 3 aromatic carbocycles. The number of hydrogen-bond donors (Lipinski definition) is 2. The van der Waals surface area contributed by atoms with Crippen LogP contribution in [0.3, 0.4) is 0 Å². The van der Waals surface area contributed by atoms with Crippen molar-refractivity contribution in [1.29, 1.82) is 0 Å². The van der Waals surface area contributed by atoms with E-state index in [1.54, 1.807) is 12.1 Å². The molecule has 0 bridgehead atoms. The van der Waals surface area contributed by atoms with Gasteiger partial charge in [0.05, 0.1) is 46.6 Å². The SMILES string of the molecule is COC(=O)c1ccccc1NS(=O)(=O)c1ccc(OC)c(NC(=O)c2ccc(Cl)cc2Cl)c1. The molecule has 0 radical (unpaired) electrons. The van der Waals surface area contributed by atoms with Gasteiger partial charge in [-0.05, 0) is 48.5 Å². The molecule has 1 amide bonds. The maximum Gasteiger partial charge on any atom is 0.339 e. The molecule has 0 unspecified atom stereocenters. The lowest BCUT2D eigenvalue weighted by Crippen LogP contribution is -2.17. The molecule has 0 aliphatic carbocycles. The summed E-state index contributed by atoms with van der Waals surface area (Å²) in [5, 5.41) is 3.09. The van der Waals surface area contributed by atoms with Crippen LogP contribution in [-0.4, -0.2) is 34.5 Å². The highest BCUT2D eigenvalue weighted by Gasteiger charge is 2.21. The Morgan fingerprint density at radius 2 is 1.61 bits per heavy atom. The summed E-state index contributed by atoms with van der Waals surface area (Å²) < 4.78 is 38.3. The van der Waals surface area contributed by atoms with Gasteiger partial charge in [0, 0.05) is 5.02 Å². The summed E-state index contributed by atoms with van der Waals surface area (Å²) in [6.07, 6.45) is 0. The van der Waals surface area contributed by atoms with Gasteiger partial charge in [-0.15, -0.1) is 0 Å². The molecule has 3 aromatic rings. The van der Waals surface area contributed by atoms with E-state index >= 15 is 0 Å². The molecule has 8 nitrogen and oxygen atoms in total. The Hall–Kier alpha value is -3.27. The zero-order chi connectivity index (χ0) is 24.2. The maximum absolute atomic E-state index is 13.0. The second-order valence-electron chi connectivity index (χ2n) is 6.58. The number of nitrogens with one attached hydrogen (secondary N) is 2. The molecule has 0 atom stereocenters. The van der Waals surface area contributed by atoms with Gasteiger partial charge in [0.1, 0.15) is 5.75 Å². The number of carbonyl (C=O) groups excluding carboxylic acids is 2. The van der Waals surface area contributed by atoms with Gasteiger partial charge in [-0.3, -0.25) is 9.52 Å². The molecule has 0 spiro atoms. The van der Waals surface area contributed by atoms with Gasteiger partial charge in [-0.1, -0.05) is 35.3 Å². The number of carbonyl (C=O) groups is 2. The second-order valence-corrected chi connectivity index (χ2v) is 9.11. The van der Waals surface area contributed by atoms with Crippen LogP contribution in [0.1, 0.15) is 20.7 Å². The highest BCUT2D eigenvalue weighted by atomic mass is 35.5. The topological polar surface area (TPSA) is 111 Å². The van der Waals surface area contributed by atoms with Crippen molar-refractivity contribution in [3.8, 4) is 5.75 Å². The van der Waals surface area contributed by atoms with Crippen LogP contribution in [0.2, 0.25) is 10.0 Å². The standard InChI is InChI=1S/C22H18Cl2N2O6S/c1-31-20-10-8-14(12-19(20)25-21(27)15-9-7-13(23)11-17(15)24)33(29,30)26-18-6-4-3-5-16(18)22(28)32-2/h3-12,26H,1-2H3,(H,25,27). The van der Waals surface area contributed by atoms with Crippen molar-refractivity contribution in [1.82, 2.24) is 0 Å². The third kappa shape index (κ3) is 5.57. The predicted octanol–water partition coefficient (Wildman–Crippen LogP) is 4.84. The number of methoxy groups -OCH3 is 2. The first-order valence-corrected chi connectivity index (χ1v) is 11.5. The van der Waals surface area contributed by atoms with Gasteiger partial charge in [0.25, 0.3) is 15.9 Å². The summed E-state index contributed by atoms with van der Waals surface area (Å²) in [6.45, 7) is 0. The number of anilines is 2. The molecule has 172 valence electrons. The largest absolute Gasteiger partial charge is 0.495 e. The van der Waals surface area contributed by atoms with E-state index in [4.69, 9.17) is 32.7 Å². The van der Waals surface area contributed by atoms with Gasteiger partial charge >= 0.3 is 5.97 Å². The first kappa shape index (κ1) is 24.4. The van der Waals surface area contributed by atoms with Gasteiger partial charge in [0.2, 0.25) is 0 Å². The molecule has 0 aromatic heterocycles. The van der Waals surface area contributed by atoms with Crippen LogP contribution >= 0.6 is 23.2 Å². The van der Waals surface area contributed by atoms with Crippen LogP contribution in [0, 0.1) is 0 Å². The summed E-state index contributed by atoms with van der Waals surface area (Å²) in [5.41, 5.74) is 0.320. The number of ether oxygens (including phenoxy) is 2. The smallest absolute Gasteiger partial charge is 0.339 e. The highest BCUT2D eigenvalue weighted by molar-refractivity contribution is 7.92. The molecule has 0 heterocycles. The van der Waals surface area contributed by atoms with Crippen molar-refractivity contribution in [2.75, 3.05) is 24.3 Å². The Labute approximate surface area is 200 Å². The molecule has 0 aliphatic rings. The second kappa shape index (κ2) is 10.1. The number of para-hydroxylation sites is 1. The number of esters is 1. The lowest BCUT2D eigenvalue weighted by molar-refractivity contribution is 0.0602. The fraction of sp³-hybridized carbons (Fsp3) is 0.0909. The number of halogens is 2. The van der Waals surface area contributed by atoms with Crippen molar-refractivity contribution in [2.45, 2.75) is 4.90 Å². The van der Waals surface area contributed by atoms with Crippen LogP contribution in [0.25, 0.3) is 0 Å². The van der Waals surface area contributed by atoms with E-state index in [0.717, 1.165) is 0 Å². The Morgan fingerprint density at radius 1 is 0.879 bits per heavy atom. The van der Waals surface area contributed by atoms with E-state index < -0.39 is 21.9 Å². The summed E-state index contributed by atoms with van der Waals surface area (Å²) in [6, 6.07) is 14.3. The van der Waals surface area contributed by atoms with Crippen molar-refractivity contribution >= 4 is 56.5 Å². The number of benzene rings is 3. The van der Waals surface area contributed by atoms with E-state index in [1.807, 2.05) is 0 Å². The third-order valence-electron chi connectivity index (χ3n) is 4.48. The minimum absolute atomic E-state index is 0.0405. The van der Waals surface area contributed by atoms with Crippen LogP contribution in [0.15, 0.2) is 65.6 Å². The van der Waals surface area contributed by atoms with Gasteiger partial charge in [-0.25, -0.2) is 13.2 Å². The minimum Gasteiger partial charge on any atom is -0.495 e. The van der Waals surface area contributed by atoms with E-state index in [9.17, 15) is 18.0 Å². The Morgan fingerprint density at radius 3 is 2.27 bits per heavy atom. The molecular formula is C22H18Cl2N2O6S. The molecule has 0 saturated heterocycles. The first-order valence-electron chi connectivity index (χ1n) is 9.31. The van der Waals surface area contributed by atoms with Crippen LogP contribution < -0.4 is 14.8 Å². The Kier molecular flexibility index (Phi) is 7.47. The molecule has 3 rings (SSSR count). The quantitative estimate of drug-likeness (QED) is 0.441. The van der Waals surface area contributed by atoms with Crippen molar-refractivity contribution in [2.24, 2.45) is 0 Å². The molecule has 0 saturated carbocycles. The summed E-state index contributed by atoms with van der Waals surface area (Å²) in [4.78, 5) is 24.5. The lowest BCUT2D eigenvalue weighted by atomic mass is 10.2. The Balaban J connectivity index is 1.94.